The van der Waals surface area contributed by atoms with Crippen LogP contribution >= 0.6 is 11.3 Å². The summed E-state index contributed by atoms with van der Waals surface area (Å²) >= 11 is 1.63. The summed E-state index contributed by atoms with van der Waals surface area (Å²) in [6, 6.07) is 7.84. The first-order valence-electron chi connectivity index (χ1n) is 6.76. The lowest BCUT2D eigenvalue weighted by Crippen LogP contribution is -1.94. The molecule has 2 N–H and O–H groups in total. The summed E-state index contributed by atoms with van der Waals surface area (Å²) < 4.78 is 5.28. The summed E-state index contributed by atoms with van der Waals surface area (Å²) in [4.78, 5) is 8.81. The number of rotatable bonds is 5. The minimum absolute atomic E-state index is 0.621. The van der Waals surface area contributed by atoms with Gasteiger partial charge in [-0.2, -0.15) is 4.98 Å². The number of nitrogen functional groups attached to an aromatic ring is 1. The molecule has 5 nitrogen and oxygen atoms in total. The third kappa shape index (κ3) is 3.66. The minimum atomic E-state index is 0.621. The molecule has 0 unspecified atom stereocenters. The molecule has 0 aliphatic rings. The Balaban J connectivity index is 1.58. The van der Waals surface area contributed by atoms with Crippen LogP contribution in [-0.4, -0.2) is 15.1 Å². The Kier molecular flexibility index (Phi) is 3.96. The Bertz CT molecular complexity index is 717. The smallest absolute Gasteiger partial charge is 0.226 e. The summed E-state index contributed by atoms with van der Waals surface area (Å²) in [5.74, 6) is 1.35. The van der Waals surface area contributed by atoms with E-state index in [9.17, 15) is 0 Å². The zero-order valence-corrected chi connectivity index (χ0v) is 12.6. The molecule has 2 heterocycles. The highest BCUT2D eigenvalue weighted by Gasteiger charge is 2.09. The van der Waals surface area contributed by atoms with E-state index in [1.807, 2.05) is 36.6 Å². The highest BCUT2D eigenvalue weighted by atomic mass is 32.1. The zero-order valence-electron chi connectivity index (χ0n) is 11.7. The largest absolute Gasteiger partial charge is 0.399 e. The third-order valence-corrected chi connectivity index (χ3v) is 3.95. The maximum Gasteiger partial charge on any atom is 0.226 e. The van der Waals surface area contributed by atoms with E-state index < -0.39 is 0 Å². The number of hydrogen-bond donors (Lipinski definition) is 1. The number of nitrogens with two attached hydrogens (primary N) is 1. The van der Waals surface area contributed by atoms with Crippen molar-refractivity contribution in [2.45, 2.75) is 26.2 Å². The molecule has 0 saturated heterocycles. The number of aromatic nitrogens is 3. The number of aryl methyl sites for hydroxylation is 3. The summed E-state index contributed by atoms with van der Waals surface area (Å²) in [5, 5.41) is 7.09. The molecule has 0 aliphatic heterocycles. The van der Waals surface area contributed by atoms with Crippen LogP contribution in [0.1, 0.15) is 28.0 Å². The van der Waals surface area contributed by atoms with Gasteiger partial charge in [0.05, 0.1) is 17.1 Å². The number of thiazole rings is 1. The van der Waals surface area contributed by atoms with Crippen LogP contribution in [0.15, 0.2) is 34.2 Å². The summed E-state index contributed by atoms with van der Waals surface area (Å²) in [5.41, 5.74) is 8.64. The Morgan fingerprint density at radius 2 is 1.95 bits per heavy atom. The maximum absolute atomic E-state index is 5.67. The molecule has 0 aliphatic carbocycles. The summed E-state index contributed by atoms with van der Waals surface area (Å²) in [7, 11) is 0. The molecule has 0 bridgehead atoms. The molecule has 6 heteroatoms. The van der Waals surface area contributed by atoms with Gasteiger partial charge in [-0.25, -0.2) is 4.98 Å². The van der Waals surface area contributed by atoms with E-state index in [0.29, 0.717) is 18.1 Å². The Morgan fingerprint density at radius 3 is 2.67 bits per heavy atom. The second-order valence-electron chi connectivity index (χ2n) is 4.88. The van der Waals surface area contributed by atoms with Gasteiger partial charge < -0.3 is 10.3 Å². The SMILES string of the molecule is Cc1nc(Cc2noc(CCc3ccc(N)cc3)n2)cs1. The zero-order chi connectivity index (χ0) is 14.7. The second kappa shape index (κ2) is 6.05. The van der Waals surface area contributed by atoms with E-state index in [1.165, 1.54) is 5.56 Å². The molecular weight excluding hydrogens is 284 g/mol. The van der Waals surface area contributed by atoms with E-state index in [1.54, 1.807) is 11.3 Å². The van der Waals surface area contributed by atoms with Crippen LogP contribution in [0.5, 0.6) is 0 Å². The fraction of sp³-hybridized carbons (Fsp3) is 0.267. The maximum atomic E-state index is 5.67. The van der Waals surface area contributed by atoms with Gasteiger partial charge in [0.1, 0.15) is 0 Å². The van der Waals surface area contributed by atoms with Gasteiger partial charge in [-0.1, -0.05) is 17.3 Å². The monoisotopic (exact) mass is 300 g/mol. The topological polar surface area (TPSA) is 77.8 Å². The van der Waals surface area contributed by atoms with E-state index in [0.717, 1.165) is 29.2 Å². The third-order valence-electron chi connectivity index (χ3n) is 3.12. The second-order valence-corrected chi connectivity index (χ2v) is 5.94. The fourth-order valence-electron chi connectivity index (χ4n) is 2.05. The van der Waals surface area contributed by atoms with Crippen LogP contribution in [0.2, 0.25) is 0 Å². The molecule has 0 spiro atoms. The van der Waals surface area contributed by atoms with Gasteiger partial charge in [0.15, 0.2) is 5.82 Å². The molecule has 3 rings (SSSR count). The van der Waals surface area contributed by atoms with Crippen LogP contribution in [0.4, 0.5) is 5.69 Å². The molecule has 1 aromatic carbocycles. The van der Waals surface area contributed by atoms with Gasteiger partial charge in [-0.05, 0) is 31.0 Å². The van der Waals surface area contributed by atoms with Gasteiger partial charge in [-0.15, -0.1) is 11.3 Å². The first kappa shape index (κ1) is 13.8. The number of benzene rings is 1. The molecule has 21 heavy (non-hydrogen) atoms. The van der Waals surface area contributed by atoms with Crippen molar-refractivity contribution >= 4 is 17.0 Å². The molecule has 3 aromatic rings. The number of hydrogen-bond acceptors (Lipinski definition) is 6. The molecule has 0 radical (unpaired) electrons. The van der Waals surface area contributed by atoms with Crippen molar-refractivity contribution in [1.29, 1.82) is 0 Å². The predicted octanol–water partition coefficient (Wildman–Crippen LogP) is 2.79. The Labute approximate surface area is 126 Å². The first-order valence-corrected chi connectivity index (χ1v) is 7.64. The van der Waals surface area contributed by atoms with E-state index >= 15 is 0 Å². The molecule has 0 fully saturated rings. The normalized spacial score (nSPS) is 10.9. The van der Waals surface area contributed by atoms with Crippen molar-refractivity contribution in [2.24, 2.45) is 0 Å². The van der Waals surface area contributed by atoms with Gasteiger partial charge in [-0.3, -0.25) is 0 Å². The lowest BCUT2D eigenvalue weighted by Gasteiger charge is -1.98. The van der Waals surface area contributed by atoms with Crippen molar-refractivity contribution < 1.29 is 4.52 Å². The van der Waals surface area contributed by atoms with Crippen LogP contribution < -0.4 is 5.73 Å². The number of anilines is 1. The summed E-state index contributed by atoms with van der Waals surface area (Å²) in [6.45, 7) is 1.99. The van der Waals surface area contributed by atoms with E-state index in [-0.39, 0.29) is 0 Å². The average molecular weight is 300 g/mol. The van der Waals surface area contributed by atoms with Gasteiger partial charge in [0.2, 0.25) is 5.89 Å². The van der Waals surface area contributed by atoms with Crippen molar-refractivity contribution in [3.63, 3.8) is 0 Å². The highest BCUT2D eigenvalue weighted by molar-refractivity contribution is 7.09. The lowest BCUT2D eigenvalue weighted by atomic mass is 10.1. The van der Waals surface area contributed by atoms with Gasteiger partial charge in [0.25, 0.3) is 0 Å². The standard InChI is InChI=1S/C15H16N4OS/c1-10-17-13(9-21-10)8-14-18-15(20-19-14)7-4-11-2-5-12(16)6-3-11/h2-3,5-6,9H,4,7-8,16H2,1H3. The van der Waals surface area contributed by atoms with Crippen LogP contribution in [0.25, 0.3) is 0 Å². The van der Waals surface area contributed by atoms with Crippen molar-refractivity contribution in [2.75, 3.05) is 5.73 Å². The van der Waals surface area contributed by atoms with Crippen LogP contribution in [0, 0.1) is 6.92 Å². The molecule has 0 amide bonds. The molecule has 0 saturated carbocycles. The molecular formula is C15H16N4OS. The van der Waals surface area contributed by atoms with E-state index in [2.05, 4.69) is 15.1 Å². The molecule has 2 aromatic heterocycles. The molecule has 108 valence electrons. The molecule has 0 atom stereocenters. The average Bonchev–Trinajstić information content (AvgIpc) is 3.08. The predicted molar refractivity (Wildman–Crippen MR) is 82.2 cm³/mol. The fourth-order valence-corrected chi connectivity index (χ4v) is 2.66. The van der Waals surface area contributed by atoms with Gasteiger partial charge in [0, 0.05) is 17.5 Å². The minimum Gasteiger partial charge on any atom is -0.399 e. The highest BCUT2D eigenvalue weighted by Crippen LogP contribution is 2.13. The van der Waals surface area contributed by atoms with Crippen LogP contribution in [0.3, 0.4) is 0 Å². The summed E-state index contributed by atoms with van der Waals surface area (Å²) in [6.07, 6.45) is 2.21. The van der Waals surface area contributed by atoms with Crippen molar-refractivity contribution in [1.82, 2.24) is 15.1 Å². The Morgan fingerprint density at radius 1 is 1.14 bits per heavy atom. The van der Waals surface area contributed by atoms with Crippen LogP contribution in [-0.2, 0) is 19.3 Å². The lowest BCUT2D eigenvalue weighted by molar-refractivity contribution is 0.373. The number of nitrogens with zero attached hydrogens (tertiary/aromatic N) is 3. The quantitative estimate of drug-likeness (QED) is 0.733. The van der Waals surface area contributed by atoms with Gasteiger partial charge >= 0.3 is 0 Å². The van der Waals surface area contributed by atoms with Crippen molar-refractivity contribution in [3.05, 3.63) is 57.6 Å². The Hall–Kier alpha value is -2.21. The van der Waals surface area contributed by atoms with Crippen molar-refractivity contribution in [3.8, 4) is 0 Å². The first-order chi connectivity index (χ1) is 10.2. The van der Waals surface area contributed by atoms with E-state index in [4.69, 9.17) is 10.3 Å².